The van der Waals surface area contributed by atoms with Gasteiger partial charge < -0.3 is 25.0 Å². The first kappa shape index (κ1) is 21.5. The third-order valence-electron chi connectivity index (χ3n) is 5.61. The summed E-state index contributed by atoms with van der Waals surface area (Å²) in [6.07, 6.45) is 2.25. The van der Waals surface area contributed by atoms with Crippen molar-refractivity contribution < 1.29 is 14.6 Å². The van der Waals surface area contributed by atoms with Gasteiger partial charge in [0.1, 0.15) is 0 Å². The molecule has 7 nitrogen and oxygen atoms in total. The molecular formula is C23H27ClN4O3. The Hall–Kier alpha value is -2.77. The molecule has 2 N–H and O–H groups in total. The van der Waals surface area contributed by atoms with Gasteiger partial charge in [-0.25, -0.2) is 4.79 Å². The van der Waals surface area contributed by atoms with Gasteiger partial charge in [0, 0.05) is 49.2 Å². The lowest BCUT2D eigenvalue weighted by atomic mass is 10.2. The molecule has 2 aromatic carbocycles. The van der Waals surface area contributed by atoms with Gasteiger partial charge in [-0.2, -0.15) is 0 Å². The molecule has 0 bridgehead atoms. The average Bonchev–Trinajstić information content (AvgIpc) is 3.31. The van der Waals surface area contributed by atoms with Crippen molar-refractivity contribution in [3.63, 3.8) is 0 Å². The van der Waals surface area contributed by atoms with Gasteiger partial charge >= 0.3 is 5.97 Å². The van der Waals surface area contributed by atoms with Crippen LogP contribution in [0.1, 0.15) is 23.2 Å². The Morgan fingerprint density at radius 2 is 1.94 bits per heavy atom. The lowest BCUT2D eigenvalue weighted by molar-refractivity contribution is 0.0697. The molecule has 1 atom stereocenters. The van der Waals surface area contributed by atoms with E-state index in [0.29, 0.717) is 12.2 Å². The molecule has 2 saturated heterocycles. The molecule has 2 fully saturated rings. The number of aliphatic imine (C=N–C) groups is 1. The zero-order chi connectivity index (χ0) is 21.6. The molecule has 2 heterocycles. The highest BCUT2D eigenvalue weighted by atomic mass is 35.5. The molecule has 2 aliphatic heterocycles. The van der Waals surface area contributed by atoms with Crippen molar-refractivity contribution in [1.29, 1.82) is 0 Å². The van der Waals surface area contributed by atoms with Crippen molar-refractivity contribution in [1.82, 2.24) is 4.90 Å². The highest BCUT2D eigenvalue weighted by Gasteiger charge is 2.22. The molecule has 0 aromatic heterocycles. The highest BCUT2D eigenvalue weighted by Crippen LogP contribution is 2.20. The second kappa shape index (κ2) is 10.0. The zero-order valence-corrected chi connectivity index (χ0v) is 18.1. The van der Waals surface area contributed by atoms with E-state index in [1.807, 2.05) is 30.3 Å². The number of nitrogens with zero attached hydrogens (tertiary/aromatic N) is 3. The molecule has 4 rings (SSSR count). The predicted octanol–water partition coefficient (Wildman–Crippen LogP) is 3.81. The summed E-state index contributed by atoms with van der Waals surface area (Å²) < 4.78 is 5.73. The van der Waals surface area contributed by atoms with E-state index in [1.165, 1.54) is 0 Å². The van der Waals surface area contributed by atoms with Crippen LogP contribution in [0.2, 0.25) is 5.02 Å². The first-order chi connectivity index (χ1) is 15.1. The second-order valence-electron chi connectivity index (χ2n) is 7.76. The number of carbonyl (C=O) groups is 1. The van der Waals surface area contributed by atoms with Crippen molar-refractivity contribution in [2.45, 2.75) is 18.9 Å². The van der Waals surface area contributed by atoms with Gasteiger partial charge in [0.2, 0.25) is 0 Å². The molecule has 8 heteroatoms. The number of anilines is 2. The summed E-state index contributed by atoms with van der Waals surface area (Å²) >= 11 is 6.01. The largest absolute Gasteiger partial charge is 0.478 e. The summed E-state index contributed by atoms with van der Waals surface area (Å²) in [5.41, 5.74) is 2.12. The van der Waals surface area contributed by atoms with E-state index in [9.17, 15) is 9.90 Å². The second-order valence-corrected chi connectivity index (χ2v) is 8.20. The molecule has 164 valence electrons. The van der Waals surface area contributed by atoms with Crippen molar-refractivity contribution in [2.75, 3.05) is 49.5 Å². The van der Waals surface area contributed by atoms with E-state index in [0.717, 1.165) is 62.3 Å². The van der Waals surface area contributed by atoms with Gasteiger partial charge in [-0.3, -0.25) is 4.99 Å². The molecule has 0 spiro atoms. The highest BCUT2D eigenvalue weighted by molar-refractivity contribution is 6.30. The summed E-state index contributed by atoms with van der Waals surface area (Å²) in [5.74, 6) is -0.188. The van der Waals surface area contributed by atoms with Crippen LogP contribution in [-0.4, -0.2) is 67.4 Å². The third-order valence-corrected chi connectivity index (χ3v) is 5.86. The van der Waals surface area contributed by atoms with Crippen LogP contribution in [0, 0.1) is 0 Å². The smallest absolute Gasteiger partial charge is 0.335 e. The maximum atomic E-state index is 11.3. The molecular weight excluding hydrogens is 416 g/mol. The molecule has 1 unspecified atom stereocenters. The standard InChI is InChI=1S/C23H27ClN4O3/c24-18-6-8-20(9-7-18)27-10-12-28(13-11-27)23(25-16-21-5-2-14-31-21)26-19-4-1-3-17(15-19)22(29)30/h1,3-4,6-9,15,21H,2,5,10-14,16H2,(H,25,26)(H,29,30). The summed E-state index contributed by atoms with van der Waals surface area (Å²) in [6, 6.07) is 14.7. The molecule has 0 saturated carbocycles. The van der Waals surface area contributed by atoms with Crippen LogP contribution >= 0.6 is 11.6 Å². The fraction of sp³-hybridized carbons (Fsp3) is 0.391. The van der Waals surface area contributed by atoms with Crippen molar-refractivity contribution in [2.24, 2.45) is 4.99 Å². The Bertz CT molecular complexity index is 921. The fourth-order valence-electron chi connectivity index (χ4n) is 3.88. The van der Waals surface area contributed by atoms with Crippen LogP contribution in [-0.2, 0) is 4.74 Å². The Labute approximate surface area is 187 Å². The monoisotopic (exact) mass is 442 g/mol. The van der Waals surface area contributed by atoms with E-state index in [2.05, 4.69) is 15.1 Å². The van der Waals surface area contributed by atoms with Crippen molar-refractivity contribution in [3.05, 3.63) is 59.1 Å². The van der Waals surface area contributed by atoms with E-state index in [4.69, 9.17) is 21.3 Å². The van der Waals surface area contributed by atoms with E-state index < -0.39 is 5.97 Å². The minimum absolute atomic E-state index is 0.150. The van der Waals surface area contributed by atoms with Crippen LogP contribution < -0.4 is 10.2 Å². The minimum Gasteiger partial charge on any atom is -0.478 e. The quantitative estimate of drug-likeness (QED) is 0.541. The number of carboxylic acid groups (broad SMARTS) is 1. The Balaban J connectivity index is 1.46. The number of nitrogens with one attached hydrogen (secondary N) is 1. The van der Waals surface area contributed by atoms with Gasteiger partial charge in [-0.15, -0.1) is 0 Å². The van der Waals surface area contributed by atoms with Crippen LogP contribution in [0.5, 0.6) is 0 Å². The number of piperazine rings is 1. The zero-order valence-electron chi connectivity index (χ0n) is 17.3. The van der Waals surface area contributed by atoms with Crippen LogP contribution in [0.3, 0.4) is 0 Å². The number of halogens is 1. The SMILES string of the molecule is O=C(O)c1cccc(NC(=NCC2CCCO2)N2CCN(c3ccc(Cl)cc3)CC2)c1. The number of hydrogen-bond acceptors (Lipinski definition) is 4. The molecule has 31 heavy (non-hydrogen) atoms. The summed E-state index contributed by atoms with van der Waals surface area (Å²) in [6.45, 7) is 4.72. The van der Waals surface area contributed by atoms with E-state index in [-0.39, 0.29) is 11.7 Å². The maximum Gasteiger partial charge on any atom is 0.335 e. The third kappa shape index (κ3) is 5.68. The fourth-order valence-corrected chi connectivity index (χ4v) is 4.01. The van der Waals surface area contributed by atoms with Crippen molar-refractivity contribution >= 4 is 34.9 Å². The maximum absolute atomic E-state index is 11.3. The number of aromatic carboxylic acids is 1. The van der Waals surface area contributed by atoms with Crippen molar-refractivity contribution in [3.8, 4) is 0 Å². The van der Waals surface area contributed by atoms with Gasteiger partial charge in [-0.05, 0) is 55.3 Å². The summed E-state index contributed by atoms with van der Waals surface area (Å²) in [7, 11) is 0. The summed E-state index contributed by atoms with van der Waals surface area (Å²) in [5, 5.41) is 13.4. The van der Waals surface area contributed by atoms with Gasteiger partial charge in [-0.1, -0.05) is 17.7 Å². The molecule has 2 aromatic rings. The Morgan fingerprint density at radius 1 is 1.16 bits per heavy atom. The summed E-state index contributed by atoms with van der Waals surface area (Å²) in [4.78, 5) is 20.7. The lowest BCUT2D eigenvalue weighted by Gasteiger charge is -2.38. The molecule has 0 aliphatic carbocycles. The first-order valence-corrected chi connectivity index (χ1v) is 11.0. The predicted molar refractivity (Wildman–Crippen MR) is 124 cm³/mol. The van der Waals surface area contributed by atoms with Gasteiger partial charge in [0.05, 0.1) is 18.2 Å². The van der Waals surface area contributed by atoms with E-state index >= 15 is 0 Å². The minimum atomic E-state index is -0.946. The number of benzene rings is 2. The average molecular weight is 443 g/mol. The van der Waals surface area contributed by atoms with Crippen LogP contribution in [0.15, 0.2) is 53.5 Å². The van der Waals surface area contributed by atoms with E-state index in [1.54, 1.807) is 18.2 Å². The Kier molecular flexibility index (Phi) is 6.94. The molecule has 0 radical (unpaired) electrons. The van der Waals surface area contributed by atoms with Crippen LogP contribution in [0.4, 0.5) is 11.4 Å². The number of carboxylic acids is 1. The number of guanidine groups is 1. The van der Waals surface area contributed by atoms with Crippen LogP contribution in [0.25, 0.3) is 0 Å². The number of ether oxygens (including phenoxy) is 1. The number of rotatable bonds is 5. The topological polar surface area (TPSA) is 77.4 Å². The molecule has 0 amide bonds. The lowest BCUT2D eigenvalue weighted by Crippen LogP contribution is -2.51. The Morgan fingerprint density at radius 3 is 2.61 bits per heavy atom. The van der Waals surface area contributed by atoms with Gasteiger partial charge in [0.15, 0.2) is 5.96 Å². The molecule has 2 aliphatic rings. The first-order valence-electron chi connectivity index (χ1n) is 10.6. The van der Waals surface area contributed by atoms with Gasteiger partial charge in [0.25, 0.3) is 0 Å². The normalized spacial score (nSPS) is 19.5. The number of hydrogen-bond donors (Lipinski definition) is 2.